The maximum absolute atomic E-state index is 12.4. The van der Waals surface area contributed by atoms with E-state index >= 15 is 0 Å². The summed E-state index contributed by atoms with van der Waals surface area (Å²) in [5.74, 6) is -2.20. The van der Waals surface area contributed by atoms with E-state index in [-0.39, 0.29) is 49.8 Å². The third-order valence-corrected chi connectivity index (χ3v) is 16.0. The van der Waals surface area contributed by atoms with Gasteiger partial charge < -0.3 is 57.5 Å². The van der Waals surface area contributed by atoms with Crippen molar-refractivity contribution in [3.63, 3.8) is 0 Å². The van der Waals surface area contributed by atoms with E-state index in [1.807, 2.05) is 0 Å². The lowest BCUT2D eigenvalue weighted by atomic mass is 9.95. The number of esters is 2. The second kappa shape index (κ2) is 24.8. The molecule has 4 aliphatic heterocycles. The Morgan fingerprint density at radius 3 is 1.29 bits per heavy atom. The van der Waals surface area contributed by atoms with Crippen LogP contribution in [0.1, 0.15) is 68.2 Å². The van der Waals surface area contributed by atoms with Crippen molar-refractivity contribution in [3.8, 4) is 11.5 Å². The number of aliphatic hydroxyl groups excluding tert-OH is 2. The van der Waals surface area contributed by atoms with E-state index in [9.17, 15) is 49.2 Å². The van der Waals surface area contributed by atoms with Crippen LogP contribution in [-0.2, 0) is 80.4 Å². The number of amides is 2. The van der Waals surface area contributed by atoms with E-state index in [1.54, 1.807) is 102 Å². The summed E-state index contributed by atoms with van der Waals surface area (Å²) in [5.41, 5.74) is -3.75. The molecule has 12 atom stereocenters. The number of nitrogens with one attached hydrogen (secondary N) is 2. The molecule has 396 valence electrons. The lowest BCUT2D eigenvalue weighted by Crippen LogP contribution is -2.54. The maximum Gasteiger partial charge on any atom is 0.323 e. The van der Waals surface area contributed by atoms with Gasteiger partial charge in [0.15, 0.2) is 24.0 Å². The Bertz CT molecular complexity index is 2260. The van der Waals surface area contributed by atoms with Crippen LogP contribution in [0.3, 0.4) is 0 Å². The molecule has 0 radical (unpaired) electrons. The molecule has 6 rings (SSSR count). The second-order valence-electron chi connectivity index (χ2n) is 18.0. The van der Waals surface area contributed by atoms with Crippen LogP contribution >= 0.6 is 13.3 Å². The Kier molecular flexibility index (Phi) is 20.1. The quantitative estimate of drug-likeness (QED) is 0.0631. The van der Waals surface area contributed by atoms with Crippen molar-refractivity contribution in [3.05, 3.63) is 85.2 Å². The molecule has 2 aromatic rings. The van der Waals surface area contributed by atoms with Crippen molar-refractivity contribution in [2.45, 2.75) is 141 Å². The molecule has 2 aromatic carbocycles. The topological polar surface area (TPSA) is 288 Å². The average Bonchev–Trinajstić information content (AvgIpc) is 3.66. The Labute approximate surface area is 427 Å². The van der Waals surface area contributed by atoms with Gasteiger partial charge in [0.25, 0.3) is 0 Å². The number of hydrogen-bond acceptors (Lipinski definition) is 20. The van der Waals surface area contributed by atoms with Gasteiger partial charge >= 0.3 is 25.2 Å². The fourth-order valence-corrected chi connectivity index (χ4v) is 12.1. The summed E-state index contributed by atoms with van der Waals surface area (Å²) in [6.45, 7) is 5.13. The summed E-state index contributed by atoms with van der Waals surface area (Å²) in [4.78, 5) is 74.6. The predicted octanol–water partition coefficient (Wildman–Crippen LogP) is 2.78. The van der Waals surface area contributed by atoms with Crippen LogP contribution in [0.2, 0.25) is 0 Å². The molecule has 22 nitrogen and oxygen atoms in total. The van der Waals surface area contributed by atoms with E-state index in [4.69, 9.17) is 60.7 Å². The molecule has 0 aromatic heterocycles. The molecule has 0 spiro atoms. The third kappa shape index (κ3) is 15.4. The Balaban J connectivity index is 0.000000267. The van der Waals surface area contributed by atoms with Gasteiger partial charge in [-0.25, -0.2) is 10.2 Å². The number of rotatable bonds is 20. The highest BCUT2D eigenvalue weighted by molar-refractivity contribution is 8.09. The highest BCUT2D eigenvalue weighted by Crippen LogP contribution is 2.48. The molecular weight excluding hydrogens is 1020 g/mol. The van der Waals surface area contributed by atoms with Crippen molar-refractivity contribution >= 4 is 72.2 Å². The Morgan fingerprint density at radius 2 is 0.986 bits per heavy atom. The van der Waals surface area contributed by atoms with Gasteiger partial charge in [0, 0.05) is 12.4 Å². The Hall–Kier alpha value is -4.36. The van der Waals surface area contributed by atoms with Gasteiger partial charge in [-0.05, 0) is 115 Å². The zero-order valence-corrected chi connectivity index (χ0v) is 44.2. The molecule has 4 heterocycles. The van der Waals surface area contributed by atoms with Gasteiger partial charge in [0.1, 0.15) is 59.2 Å². The van der Waals surface area contributed by atoms with E-state index in [2.05, 4.69) is 10.2 Å². The number of benzene rings is 2. The van der Waals surface area contributed by atoms with Crippen LogP contribution in [0.15, 0.2) is 85.2 Å². The normalized spacial score (nSPS) is 28.8. The van der Waals surface area contributed by atoms with Gasteiger partial charge in [-0.15, -0.1) is 0 Å². The molecule has 4 aliphatic rings. The van der Waals surface area contributed by atoms with Crippen molar-refractivity contribution < 1.29 is 86.2 Å². The molecule has 26 heteroatoms. The molecule has 0 saturated carbocycles. The number of para-hydroxylation sites is 2. The molecule has 2 saturated heterocycles. The van der Waals surface area contributed by atoms with Crippen LogP contribution in [0.5, 0.6) is 11.5 Å². The van der Waals surface area contributed by atoms with Crippen molar-refractivity contribution in [2.24, 2.45) is 0 Å². The summed E-state index contributed by atoms with van der Waals surface area (Å²) in [5, 5.41) is 49.2. The zero-order chi connectivity index (χ0) is 53.3. The molecule has 6 N–H and O–H groups in total. The number of carbonyl (C=O) groups is 6. The maximum atomic E-state index is 12.4. The number of ketones is 2. The van der Waals surface area contributed by atoms with Gasteiger partial charge in [0.05, 0.1) is 38.3 Å². The summed E-state index contributed by atoms with van der Waals surface area (Å²) in [6, 6.07) is 15.5. The standard InChI is InChI=1S/2C23H31N2O9PS/c2*1-14(2)32-21(29)15(3)24-35(36,34-17-8-6-5-7-9-17)31-13-18-20(28)23(4,30)22(33-18)25-11-10-16(26)12-19(25)27/h2*5-11,14-15,18,20,22,28,30H,12-13H2,1-4H3,(H,24,36)/t15-,18+,20+,22+,23+,35+;15-,18+,20+,22+,23+,35-/m00/s1. The lowest BCUT2D eigenvalue weighted by Gasteiger charge is -2.34. The number of nitrogens with zero attached hydrogens (tertiary/aromatic N) is 2. The fraction of sp³-hybridized carbons (Fsp3) is 0.522. The number of allylic oxidation sites excluding steroid dienone is 2. The zero-order valence-electron chi connectivity index (χ0n) is 40.8. The van der Waals surface area contributed by atoms with Crippen LogP contribution in [0, 0.1) is 0 Å². The van der Waals surface area contributed by atoms with Crippen molar-refractivity contribution in [1.82, 2.24) is 20.0 Å². The van der Waals surface area contributed by atoms with Crippen molar-refractivity contribution in [2.75, 3.05) is 13.2 Å². The SMILES string of the molecule is CC(C)OC(=O)[C@H](C)N[P@@](=S)(OC[C@H]1O[C@@H](N2C=CC(=O)CC2=O)[C@](C)(O)[C@@H]1O)Oc1ccccc1.CC(C)OC(=O)[C@H](C)N[P@](=S)(OC[C@H]1O[C@@H](N2C=CC(=O)CC2=O)[C@](C)(O)[C@@H]1O)Oc1ccccc1. The monoisotopic (exact) mass is 1080 g/mol. The summed E-state index contributed by atoms with van der Waals surface area (Å²) in [6.07, 6.45) is -4.25. The van der Waals surface area contributed by atoms with Crippen LogP contribution < -0.4 is 19.2 Å². The molecule has 2 amide bonds. The molecule has 0 aliphatic carbocycles. The van der Waals surface area contributed by atoms with Crippen LogP contribution in [-0.4, -0.2) is 151 Å². The number of carbonyl (C=O) groups excluding carboxylic acids is 6. The fourth-order valence-electron chi connectivity index (χ4n) is 7.28. The molecule has 0 bridgehead atoms. The highest BCUT2D eigenvalue weighted by Gasteiger charge is 2.57. The third-order valence-electron chi connectivity index (χ3n) is 11.0. The first-order chi connectivity index (χ1) is 33.6. The number of ether oxygens (including phenoxy) is 4. The van der Waals surface area contributed by atoms with E-state index in [0.717, 1.165) is 9.80 Å². The minimum absolute atomic E-state index is 0.332. The summed E-state index contributed by atoms with van der Waals surface area (Å²) < 4.78 is 45.7. The van der Waals surface area contributed by atoms with E-state index in [1.165, 1.54) is 38.4 Å². The van der Waals surface area contributed by atoms with Crippen molar-refractivity contribution in [1.29, 1.82) is 0 Å². The molecular formula is C46H62N4O18P2S2. The first-order valence-corrected chi connectivity index (χ1v) is 28.0. The van der Waals surface area contributed by atoms with Gasteiger partial charge in [-0.3, -0.25) is 38.6 Å². The first kappa shape index (κ1) is 58.5. The van der Waals surface area contributed by atoms with Crippen LogP contribution in [0.4, 0.5) is 0 Å². The number of hydrogen-bond donors (Lipinski definition) is 6. The highest BCUT2D eigenvalue weighted by atomic mass is 32.5. The summed E-state index contributed by atoms with van der Waals surface area (Å²) in [7, 11) is 0. The first-order valence-electron chi connectivity index (χ1n) is 22.8. The minimum Gasteiger partial charge on any atom is -0.462 e. The number of aliphatic hydroxyl groups is 4. The largest absolute Gasteiger partial charge is 0.462 e. The smallest absolute Gasteiger partial charge is 0.323 e. The second-order valence-corrected chi connectivity index (χ2v) is 24.3. The minimum atomic E-state index is -3.42. The summed E-state index contributed by atoms with van der Waals surface area (Å²) >= 11 is 11.3. The predicted molar refractivity (Wildman–Crippen MR) is 264 cm³/mol. The van der Waals surface area contributed by atoms with Gasteiger partial charge in [0.2, 0.25) is 11.8 Å². The average molecular weight is 1090 g/mol. The molecule has 2 fully saturated rings. The van der Waals surface area contributed by atoms with E-state index in [0.29, 0.717) is 11.5 Å². The van der Waals surface area contributed by atoms with E-state index < -0.39 is 97.2 Å². The molecule has 72 heavy (non-hydrogen) atoms. The lowest BCUT2D eigenvalue weighted by molar-refractivity contribution is -0.158. The van der Waals surface area contributed by atoms with Crippen LogP contribution in [0.25, 0.3) is 0 Å². The molecule has 0 unspecified atom stereocenters. The van der Waals surface area contributed by atoms with Gasteiger partial charge in [-0.1, -0.05) is 36.4 Å². The Morgan fingerprint density at radius 1 is 0.653 bits per heavy atom. The van der Waals surface area contributed by atoms with Gasteiger partial charge in [-0.2, -0.15) is 0 Å².